The SMILES string of the molecule is NCC1CCCCC1OCc1ncccn1. The van der Waals surface area contributed by atoms with Crippen molar-refractivity contribution in [2.45, 2.75) is 38.4 Å². The van der Waals surface area contributed by atoms with Gasteiger partial charge in [0, 0.05) is 12.4 Å². The van der Waals surface area contributed by atoms with Crippen LogP contribution in [0.3, 0.4) is 0 Å². The van der Waals surface area contributed by atoms with Gasteiger partial charge in [0.1, 0.15) is 6.61 Å². The summed E-state index contributed by atoms with van der Waals surface area (Å²) in [5, 5.41) is 0. The highest BCUT2D eigenvalue weighted by Gasteiger charge is 2.24. The zero-order chi connectivity index (χ0) is 11.2. The lowest BCUT2D eigenvalue weighted by molar-refractivity contribution is -0.0210. The van der Waals surface area contributed by atoms with Gasteiger partial charge in [0.05, 0.1) is 6.10 Å². The molecular weight excluding hydrogens is 202 g/mol. The Labute approximate surface area is 96.2 Å². The first-order chi connectivity index (χ1) is 7.90. The summed E-state index contributed by atoms with van der Waals surface area (Å²) in [7, 11) is 0. The van der Waals surface area contributed by atoms with Gasteiger partial charge in [-0.15, -0.1) is 0 Å². The van der Waals surface area contributed by atoms with Crippen molar-refractivity contribution in [1.29, 1.82) is 0 Å². The van der Waals surface area contributed by atoms with Crippen LogP contribution in [0.5, 0.6) is 0 Å². The second-order valence-electron chi connectivity index (χ2n) is 4.29. The van der Waals surface area contributed by atoms with Gasteiger partial charge in [-0.05, 0) is 31.4 Å². The third-order valence-corrected chi connectivity index (χ3v) is 3.19. The first-order valence-corrected chi connectivity index (χ1v) is 5.97. The van der Waals surface area contributed by atoms with Gasteiger partial charge in [-0.2, -0.15) is 0 Å². The average molecular weight is 221 g/mol. The fourth-order valence-corrected chi connectivity index (χ4v) is 2.25. The number of aromatic nitrogens is 2. The first-order valence-electron chi connectivity index (χ1n) is 5.97. The van der Waals surface area contributed by atoms with Crippen molar-refractivity contribution >= 4 is 0 Å². The van der Waals surface area contributed by atoms with Gasteiger partial charge in [-0.25, -0.2) is 9.97 Å². The third-order valence-electron chi connectivity index (χ3n) is 3.19. The van der Waals surface area contributed by atoms with E-state index in [1.54, 1.807) is 12.4 Å². The standard InChI is InChI=1S/C12H19N3O/c13-8-10-4-1-2-5-11(10)16-9-12-14-6-3-7-15-12/h3,6-7,10-11H,1-2,4-5,8-9,13H2. The van der Waals surface area contributed by atoms with Gasteiger partial charge in [0.25, 0.3) is 0 Å². The lowest BCUT2D eigenvalue weighted by Crippen LogP contribution is -2.33. The number of ether oxygens (including phenoxy) is 1. The van der Waals surface area contributed by atoms with Gasteiger partial charge in [-0.3, -0.25) is 0 Å². The second kappa shape index (κ2) is 5.92. The summed E-state index contributed by atoms with van der Waals surface area (Å²) < 4.78 is 5.87. The summed E-state index contributed by atoms with van der Waals surface area (Å²) in [6, 6.07) is 1.81. The fraction of sp³-hybridized carbons (Fsp3) is 0.667. The summed E-state index contributed by atoms with van der Waals surface area (Å²) >= 11 is 0. The molecule has 1 heterocycles. The van der Waals surface area contributed by atoms with E-state index in [-0.39, 0.29) is 0 Å². The van der Waals surface area contributed by atoms with Crippen molar-refractivity contribution in [3.05, 3.63) is 24.3 Å². The van der Waals surface area contributed by atoms with Crippen LogP contribution in [0, 0.1) is 5.92 Å². The molecule has 1 aliphatic carbocycles. The van der Waals surface area contributed by atoms with Gasteiger partial charge in [0.15, 0.2) is 5.82 Å². The molecule has 2 N–H and O–H groups in total. The molecule has 1 aromatic rings. The lowest BCUT2D eigenvalue weighted by Gasteiger charge is -2.30. The van der Waals surface area contributed by atoms with Gasteiger partial charge in [-0.1, -0.05) is 12.8 Å². The van der Waals surface area contributed by atoms with Crippen molar-refractivity contribution in [1.82, 2.24) is 9.97 Å². The van der Waals surface area contributed by atoms with Crippen LogP contribution < -0.4 is 5.73 Å². The zero-order valence-electron chi connectivity index (χ0n) is 9.51. The van der Waals surface area contributed by atoms with Crippen LogP contribution in [0.1, 0.15) is 31.5 Å². The zero-order valence-corrected chi connectivity index (χ0v) is 9.51. The van der Waals surface area contributed by atoms with Gasteiger partial charge in [0.2, 0.25) is 0 Å². The molecule has 0 bridgehead atoms. The molecule has 16 heavy (non-hydrogen) atoms. The highest BCUT2D eigenvalue weighted by atomic mass is 16.5. The van der Waals surface area contributed by atoms with E-state index in [4.69, 9.17) is 10.5 Å². The Hall–Kier alpha value is -1.00. The molecular formula is C12H19N3O. The van der Waals surface area contributed by atoms with Crippen molar-refractivity contribution in [2.24, 2.45) is 11.7 Å². The Kier molecular flexibility index (Phi) is 4.25. The van der Waals surface area contributed by atoms with Crippen molar-refractivity contribution < 1.29 is 4.74 Å². The quantitative estimate of drug-likeness (QED) is 0.837. The summed E-state index contributed by atoms with van der Waals surface area (Å²) in [5.74, 6) is 1.27. The van der Waals surface area contributed by atoms with Gasteiger partial charge < -0.3 is 10.5 Å². The monoisotopic (exact) mass is 221 g/mol. The van der Waals surface area contributed by atoms with E-state index in [1.165, 1.54) is 19.3 Å². The maximum absolute atomic E-state index is 5.87. The van der Waals surface area contributed by atoms with Crippen molar-refractivity contribution in [3.8, 4) is 0 Å². The molecule has 0 radical (unpaired) electrons. The lowest BCUT2D eigenvalue weighted by atomic mass is 9.86. The molecule has 0 aliphatic heterocycles. The summed E-state index contributed by atoms with van der Waals surface area (Å²) in [4.78, 5) is 8.29. The molecule has 2 atom stereocenters. The van der Waals surface area contributed by atoms with E-state index in [1.807, 2.05) is 6.07 Å². The Morgan fingerprint density at radius 2 is 2.00 bits per heavy atom. The van der Waals surface area contributed by atoms with Crippen molar-refractivity contribution in [2.75, 3.05) is 6.54 Å². The molecule has 1 aromatic heterocycles. The maximum Gasteiger partial charge on any atom is 0.153 e. The minimum absolute atomic E-state index is 0.294. The minimum atomic E-state index is 0.294. The van der Waals surface area contributed by atoms with E-state index < -0.39 is 0 Å². The number of hydrogen-bond acceptors (Lipinski definition) is 4. The topological polar surface area (TPSA) is 61.0 Å². The average Bonchev–Trinajstić information content (AvgIpc) is 2.38. The van der Waals surface area contributed by atoms with Gasteiger partial charge >= 0.3 is 0 Å². The van der Waals surface area contributed by atoms with Crippen molar-refractivity contribution in [3.63, 3.8) is 0 Å². The molecule has 2 unspecified atom stereocenters. The van der Waals surface area contributed by atoms with Crippen LogP contribution in [0.2, 0.25) is 0 Å². The molecule has 0 saturated heterocycles. The maximum atomic E-state index is 5.87. The van der Waals surface area contributed by atoms with E-state index >= 15 is 0 Å². The highest BCUT2D eigenvalue weighted by molar-refractivity contribution is 4.87. The van der Waals surface area contributed by atoms with Crippen LogP contribution in [-0.2, 0) is 11.3 Å². The first kappa shape index (κ1) is 11.5. The van der Waals surface area contributed by atoms with Crippen LogP contribution in [0.25, 0.3) is 0 Å². The van der Waals surface area contributed by atoms with Crippen LogP contribution in [0.15, 0.2) is 18.5 Å². The molecule has 4 nitrogen and oxygen atoms in total. The van der Waals surface area contributed by atoms with Crippen LogP contribution >= 0.6 is 0 Å². The summed E-state index contributed by atoms with van der Waals surface area (Å²) in [5.41, 5.74) is 5.75. The third kappa shape index (κ3) is 3.00. The van der Waals surface area contributed by atoms with E-state index in [9.17, 15) is 0 Å². The van der Waals surface area contributed by atoms with E-state index in [0.717, 1.165) is 18.8 Å². The predicted molar refractivity (Wildman–Crippen MR) is 61.6 cm³/mol. The van der Waals surface area contributed by atoms with E-state index in [0.29, 0.717) is 18.6 Å². The predicted octanol–water partition coefficient (Wildman–Crippen LogP) is 1.51. The normalized spacial score (nSPS) is 25.6. The Morgan fingerprint density at radius 1 is 1.25 bits per heavy atom. The molecule has 4 heteroatoms. The molecule has 0 spiro atoms. The molecule has 88 valence electrons. The Morgan fingerprint density at radius 3 is 2.75 bits per heavy atom. The largest absolute Gasteiger partial charge is 0.370 e. The molecule has 0 amide bonds. The molecule has 0 aromatic carbocycles. The number of nitrogens with two attached hydrogens (primary N) is 1. The highest BCUT2D eigenvalue weighted by Crippen LogP contribution is 2.26. The molecule has 2 rings (SSSR count). The van der Waals surface area contributed by atoms with Crippen LogP contribution in [0.4, 0.5) is 0 Å². The number of rotatable bonds is 4. The molecule has 1 saturated carbocycles. The van der Waals surface area contributed by atoms with E-state index in [2.05, 4.69) is 9.97 Å². The Bertz CT molecular complexity index is 304. The number of nitrogens with zero attached hydrogens (tertiary/aromatic N) is 2. The summed E-state index contributed by atoms with van der Waals surface area (Å²) in [6.45, 7) is 1.22. The molecule has 1 fully saturated rings. The fourth-order valence-electron chi connectivity index (χ4n) is 2.25. The molecule has 1 aliphatic rings. The minimum Gasteiger partial charge on any atom is -0.370 e. The summed E-state index contributed by atoms with van der Waals surface area (Å²) in [6.07, 6.45) is 8.62. The Balaban J connectivity index is 1.84. The number of hydrogen-bond donors (Lipinski definition) is 1. The smallest absolute Gasteiger partial charge is 0.153 e. The van der Waals surface area contributed by atoms with Crippen LogP contribution in [-0.4, -0.2) is 22.6 Å². The second-order valence-corrected chi connectivity index (χ2v) is 4.29.